The van der Waals surface area contributed by atoms with Crippen LogP contribution < -0.4 is 4.74 Å². The Morgan fingerprint density at radius 2 is 1.78 bits per heavy atom. The van der Waals surface area contributed by atoms with E-state index in [4.69, 9.17) is 4.74 Å². The first-order chi connectivity index (χ1) is 13.1. The molecule has 0 spiro atoms. The summed E-state index contributed by atoms with van der Waals surface area (Å²) in [4.78, 5) is 16.9. The summed E-state index contributed by atoms with van der Waals surface area (Å²) in [6.07, 6.45) is 2.17. The number of fused-ring (bicyclic) bond motifs is 1. The van der Waals surface area contributed by atoms with E-state index in [1.807, 2.05) is 12.1 Å². The van der Waals surface area contributed by atoms with Crippen molar-refractivity contribution >= 4 is 5.91 Å². The van der Waals surface area contributed by atoms with Crippen molar-refractivity contribution in [2.75, 3.05) is 26.7 Å². The molecule has 2 heterocycles. The van der Waals surface area contributed by atoms with Crippen molar-refractivity contribution in [3.8, 4) is 5.75 Å². The molecular formula is C23H28N2O2. The van der Waals surface area contributed by atoms with Gasteiger partial charge in [-0.3, -0.25) is 9.69 Å². The molecule has 2 aromatic carbocycles. The van der Waals surface area contributed by atoms with Crippen LogP contribution in [0.5, 0.6) is 5.75 Å². The van der Waals surface area contributed by atoms with Crippen molar-refractivity contribution in [1.29, 1.82) is 0 Å². The molecular weight excluding hydrogens is 336 g/mol. The van der Waals surface area contributed by atoms with Crippen molar-refractivity contribution in [2.24, 2.45) is 0 Å². The van der Waals surface area contributed by atoms with Gasteiger partial charge in [-0.1, -0.05) is 42.5 Å². The molecule has 142 valence electrons. The largest absolute Gasteiger partial charge is 0.497 e. The number of nitrogens with zero attached hydrogens (tertiary/aromatic N) is 2. The first-order valence-electron chi connectivity index (χ1n) is 9.80. The highest BCUT2D eigenvalue weighted by molar-refractivity contribution is 5.74. The molecule has 2 aromatic rings. The van der Waals surface area contributed by atoms with Gasteiger partial charge in [-0.05, 0) is 42.6 Å². The molecule has 0 saturated carbocycles. The number of methoxy groups -OCH3 is 1. The summed E-state index contributed by atoms with van der Waals surface area (Å²) in [6.45, 7) is 5.48. The Morgan fingerprint density at radius 3 is 2.44 bits per heavy atom. The topological polar surface area (TPSA) is 32.8 Å². The van der Waals surface area contributed by atoms with Crippen LogP contribution in [0.4, 0.5) is 0 Å². The Balaban J connectivity index is 1.56. The molecule has 2 fully saturated rings. The second kappa shape index (κ2) is 7.35. The predicted molar refractivity (Wildman–Crippen MR) is 107 cm³/mol. The summed E-state index contributed by atoms with van der Waals surface area (Å²) in [5.41, 5.74) is 2.78. The highest BCUT2D eigenvalue weighted by atomic mass is 16.5. The highest BCUT2D eigenvalue weighted by Gasteiger charge is 2.51. The van der Waals surface area contributed by atoms with Crippen molar-refractivity contribution in [1.82, 2.24) is 9.80 Å². The van der Waals surface area contributed by atoms with Gasteiger partial charge in [0.15, 0.2) is 0 Å². The van der Waals surface area contributed by atoms with Gasteiger partial charge in [0.1, 0.15) is 5.75 Å². The van der Waals surface area contributed by atoms with Crippen molar-refractivity contribution < 1.29 is 9.53 Å². The summed E-state index contributed by atoms with van der Waals surface area (Å²) < 4.78 is 5.26. The highest BCUT2D eigenvalue weighted by Crippen LogP contribution is 2.46. The van der Waals surface area contributed by atoms with Crippen LogP contribution in [0.15, 0.2) is 54.6 Å². The van der Waals surface area contributed by atoms with E-state index >= 15 is 0 Å². The minimum absolute atomic E-state index is 0.101. The van der Waals surface area contributed by atoms with Crippen LogP contribution in [0.3, 0.4) is 0 Å². The molecule has 27 heavy (non-hydrogen) atoms. The molecule has 4 rings (SSSR count). The average Bonchev–Trinajstić information content (AvgIpc) is 3.09. The summed E-state index contributed by atoms with van der Waals surface area (Å²) >= 11 is 0. The van der Waals surface area contributed by atoms with Gasteiger partial charge < -0.3 is 9.64 Å². The van der Waals surface area contributed by atoms with Crippen LogP contribution >= 0.6 is 0 Å². The van der Waals surface area contributed by atoms with Crippen LogP contribution in [0.2, 0.25) is 0 Å². The molecule has 0 bridgehead atoms. The van der Waals surface area contributed by atoms with Crippen LogP contribution in [0.25, 0.3) is 0 Å². The number of hydrogen-bond donors (Lipinski definition) is 0. The van der Waals surface area contributed by atoms with Gasteiger partial charge in [0.05, 0.1) is 13.2 Å². The summed E-state index contributed by atoms with van der Waals surface area (Å²) in [6, 6.07) is 19.4. The Kier molecular flexibility index (Phi) is 4.92. The van der Waals surface area contributed by atoms with E-state index in [9.17, 15) is 4.79 Å². The zero-order valence-electron chi connectivity index (χ0n) is 16.2. The lowest BCUT2D eigenvalue weighted by atomic mass is 9.69. The lowest BCUT2D eigenvalue weighted by Crippen LogP contribution is -2.56. The molecule has 2 aliphatic rings. The van der Waals surface area contributed by atoms with E-state index in [-0.39, 0.29) is 17.4 Å². The number of rotatable bonds is 4. The first kappa shape index (κ1) is 18.1. The molecule has 2 atom stereocenters. The number of amides is 1. The smallest absolute Gasteiger partial charge is 0.219 e. The maximum atomic E-state index is 12.3. The van der Waals surface area contributed by atoms with E-state index in [1.165, 1.54) is 11.1 Å². The number of hydrogen-bond acceptors (Lipinski definition) is 3. The van der Waals surface area contributed by atoms with E-state index in [0.29, 0.717) is 0 Å². The molecule has 1 amide bonds. The fraction of sp³-hybridized carbons (Fsp3) is 0.435. The molecule has 4 heteroatoms. The Labute approximate surface area is 161 Å². The van der Waals surface area contributed by atoms with Gasteiger partial charge in [-0.2, -0.15) is 0 Å². The second-order valence-corrected chi connectivity index (χ2v) is 7.83. The van der Waals surface area contributed by atoms with E-state index in [0.717, 1.165) is 44.8 Å². The molecule has 0 aliphatic carbocycles. The number of benzene rings is 2. The Morgan fingerprint density at radius 1 is 1.07 bits per heavy atom. The molecule has 2 saturated heterocycles. The van der Waals surface area contributed by atoms with E-state index in [1.54, 1.807) is 14.0 Å². The maximum absolute atomic E-state index is 12.3. The minimum Gasteiger partial charge on any atom is -0.497 e. The Hall–Kier alpha value is -2.33. The number of carbonyl (C=O) groups excluding carboxylic acids is 1. The number of carbonyl (C=O) groups is 1. The van der Waals surface area contributed by atoms with E-state index < -0.39 is 0 Å². The van der Waals surface area contributed by atoms with Gasteiger partial charge in [-0.25, -0.2) is 0 Å². The van der Waals surface area contributed by atoms with E-state index in [2.05, 4.69) is 52.3 Å². The van der Waals surface area contributed by atoms with Crippen LogP contribution in [0.1, 0.15) is 30.9 Å². The lowest BCUT2D eigenvalue weighted by Gasteiger charge is -2.46. The van der Waals surface area contributed by atoms with Gasteiger partial charge in [-0.15, -0.1) is 0 Å². The SMILES string of the molecule is COc1ccc(CN2CC[C@]3(c4ccccc4)CCN(C(C)=O)[C@H]3C2)cc1. The van der Waals surface area contributed by atoms with Crippen LogP contribution in [0, 0.1) is 0 Å². The van der Waals surface area contributed by atoms with Crippen molar-refractivity contribution in [3.63, 3.8) is 0 Å². The third kappa shape index (κ3) is 3.34. The van der Waals surface area contributed by atoms with Crippen molar-refractivity contribution in [3.05, 3.63) is 65.7 Å². The normalized spacial score (nSPS) is 25.3. The van der Waals surface area contributed by atoms with Gasteiger partial charge >= 0.3 is 0 Å². The fourth-order valence-corrected chi connectivity index (χ4v) is 4.96. The summed E-state index contributed by atoms with van der Waals surface area (Å²) in [7, 11) is 1.69. The minimum atomic E-state index is 0.101. The van der Waals surface area contributed by atoms with Gasteiger partial charge in [0.25, 0.3) is 0 Å². The number of ether oxygens (including phenoxy) is 1. The predicted octanol–water partition coefficient (Wildman–Crippen LogP) is 3.46. The molecule has 4 nitrogen and oxygen atoms in total. The summed E-state index contributed by atoms with van der Waals surface area (Å²) in [5.74, 6) is 1.09. The van der Waals surface area contributed by atoms with Crippen LogP contribution in [-0.2, 0) is 16.8 Å². The zero-order chi connectivity index (χ0) is 18.9. The molecule has 0 radical (unpaired) electrons. The standard InChI is InChI=1S/C23H28N2O2/c1-18(26)25-15-13-23(20-6-4-3-5-7-20)12-14-24(17-22(23)25)16-19-8-10-21(27-2)11-9-19/h3-11,22H,12-17H2,1-2H3/t22-,23+/m0/s1. The molecule has 2 aliphatic heterocycles. The zero-order valence-corrected chi connectivity index (χ0v) is 16.2. The van der Waals surface area contributed by atoms with Crippen molar-refractivity contribution in [2.45, 2.75) is 37.8 Å². The molecule has 0 unspecified atom stereocenters. The number of piperidine rings is 1. The third-order valence-corrected chi connectivity index (χ3v) is 6.44. The third-order valence-electron chi connectivity index (χ3n) is 6.44. The average molecular weight is 364 g/mol. The lowest BCUT2D eigenvalue weighted by molar-refractivity contribution is -0.131. The maximum Gasteiger partial charge on any atom is 0.219 e. The second-order valence-electron chi connectivity index (χ2n) is 7.83. The fourth-order valence-electron chi connectivity index (χ4n) is 4.96. The molecule has 0 N–H and O–H groups in total. The monoisotopic (exact) mass is 364 g/mol. The van der Waals surface area contributed by atoms with Crippen LogP contribution in [-0.4, -0.2) is 48.5 Å². The quantitative estimate of drug-likeness (QED) is 0.833. The van der Waals surface area contributed by atoms with Gasteiger partial charge in [0.2, 0.25) is 5.91 Å². The Bertz CT molecular complexity index is 790. The van der Waals surface area contributed by atoms with Gasteiger partial charge in [0, 0.05) is 32.0 Å². The molecule has 0 aromatic heterocycles. The first-order valence-corrected chi connectivity index (χ1v) is 9.80. The number of likely N-dealkylation sites (tertiary alicyclic amines) is 2. The summed E-state index contributed by atoms with van der Waals surface area (Å²) in [5, 5.41) is 0.